The van der Waals surface area contributed by atoms with Crippen molar-refractivity contribution in [2.75, 3.05) is 6.61 Å². The largest absolute Gasteiger partial charge is 0.492 e. The van der Waals surface area contributed by atoms with Gasteiger partial charge in [0.1, 0.15) is 17.4 Å². The molecule has 1 aliphatic rings. The molecule has 2 atom stereocenters. The van der Waals surface area contributed by atoms with Gasteiger partial charge in [0.15, 0.2) is 0 Å². The van der Waals surface area contributed by atoms with Gasteiger partial charge in [-0.3, -0.25) is 9.59 Å². The van der Waals surface area contributed by atoms with E-state index < -0.39 is 29.6 Å². The number of benzene rings is 2. The lowest BCUT2D eigenvalue weighted by Crippen LogP contribution is -2.46. The summed E-state index contributed by atoms with van der Waals surface area (Å²) in [7, 11) is 0. The van der Waals surface area contributed by atoms with E-state index in [1.165, 1.54) is 0 Å². The third kappa shape index (κ3) is 6.71. The van der Waals surface area contributed by atoms with E-state index in [4.69, 9.17) is 15.2 Å². The second-order valence-electron chi connectivity index (χ2n) is 8.82. The average molecular weight is 518 g/mol. The second-order valence-corrected chi connectivity index (χ2v) is 9.73. The molecular weight excluding hydrogens is 490 g/mol. The molecule has 8 nitrogen and oxygen atoms in total. The van der Waals surface area contributed by atoms with E-state index >= 15 is 0 Å². The monoisotopic (exact) mass is 517 g/mol. The number of primary amides is 1. The van der Waals surface area contributed by atoms with Crippen LogP contribution in [0.1, 0.15) is 54.7 Å². The van der Waals surface area contributed by atoms with Crippen LogP contribution in [-0.4, -0.2) is 36.2 Å². The Balaban J connectivity index is 1.77. The first-order valence-corrected chi connectivity index (χ1v) is 11.4. The van der Waals surface area contributed by atoms with E-state index in [0.29, 0.717) is 24.3 Å². The molecule has 0 unspecified atom stereocenters. The molecule has 4 N–H and O–H groups in total. The predicted molar refractivity (Wildman–Crippen MR) is 127 cm³/mol. The number of hydrogen-bond donors (Lipinski definition) is 3. The van der Waals surface area contributed by atoms with E-state index in [1.807, 2.05) is 24.3 Å². The summed E-state index contributed by atoms with van der Waals surface area (Å²) in [5.74, 6) is -0.749. The molecule has 0 aromatic heterocycles. The van der Waals surface area contributed by atoms with Gasteiger partial charge in [-0.05, 0) is 44.5 Å². The minimum atomic E-state index is -0.895. The highest BCUT2D eigenvalue weighted by molar-refractivity contribution is 9.10. The number of halogens is 1. The van der Waals surface area contributed by atoms with Crippen molar-refractivity contribution in [1.82, 2.24) is 10.6 Å². The van der Waals surface area contributed by atoms with Crippen LogP contribution in [0.2, 0.25) is 0 Å². The van der Waals surface area contributed by atoms with E-state index in [-0.39, 0.29) is 18.0 Å². The fraction of sp³-hybridized carbons (Fsp3) is 0.375. The van der Waals surface area contributed by atoms with Crippen LogP contribution in [0.4, 0.5) is 4.79 Å². The number of carbonyl (C=O) groups is 3. The number of carbonyl (C=O) groups excluding carboxylic acids is 3. The van der Waals surface area contributed by atoms with Crippen molar-refractivity contribution in [3.8, 4) is 5.75 Å². The van der Waals surface area contributed by atoms with Gasteiger partial charge in [0.05, 0.1) is 18.2 Å². The summed E-state index contributed by atoms with van der Waals surface area (Å²) in [4.78, 5) is 37.4. The maximum atomic E-state index is 13.1. The summed E-state index contributed by atoms with van der Waals surface area (Å²) >= 11 is 3.37. The van der Waals surface area contributed by atoms with Crippen LogP contribution in [0.15, 0.2) is 46.9 Å². The molecule has 2 aromatic carbocycles. The van der Waals surface area contributed by atoms with Crippen molar-refractivity contribution >= 4 is 33.8 Å². The van der Waals surface area contributed by atoms with Gasteiger partial charge < -0.3 is 25.8 Å². The number of nitrogens with one attached hydrogen (secondary N) is 2. The van der Waals surface area contributed by atoms with Crippen LogP contribution >= 0.6 is 15.9 Å². The Labute approximate surface area is 201 Å². The standard InChI is InChI=1S/C24H28BrN3O5/c1-24(2,3)33-23(31)28-18-11-12-32-20-16(18)5-4-6-17(20)22(30)27-19(21(26)29)13-14-7-9-15(25)10-8-14/h4-10,18-19H,11-13H2,1-3H3,(H2,26,29)(H,27,30)(H,28,31)/t18-,19-/m0/s1. The van der Waals surface area contributed by atoms with Crippen molar-refractivity contribution in [3.05, 3.63) is 63.6 Å². The predicted octanol–water partition coefficient (Wildman–Crippen LogP) is 3.62. The zero-order valence-electron chi connectivity index (χ0n) is 18.8. The fourth-order valence-corrected chi connectivity index (χ4v) is 3.78. The highest BCUT2D eigenvalue weighted by atomic mass is 79.9. The molecule has 0 aliphatic carbocycles. The molecule has 1 aliphatic heterocycles. The van der Waals surface area contributed by atoms with Crippen molar-refractivity contribution in [2.24, 2.45) is 5.73 Å². The number of hydrogen-bond acceptors (Lipinski definition) is 5. The van der Waals surface area contributed by atoms with Gasteiger partial charge in [0.2, 0.25) is 5.91 Å². The Kier molecular flexibility index (Phi) is 7.63. The van der Waals surface area contributed by atoms with E-state index in [2.05, 4.69) is 26.6 Å². The summed E-state index contributed by atoms with van der Waals surface area (Å²) in [6.07, 6.45) is 0.246. The summed E-state index contributed by atoms with van der Waals surface area (Å²) in [6, 6.07) is 11.3. The summed E-state index contributed by atoms with van der Waals surface area (Å²) in [5, 5.41) is 5.56. The first kappa shape index (κ1) is 24.6. The third-order valence-electron chi connectivity index (χ3n) is 5.01. The number of alkyl carbamates (subject to hydrolysis) is 1. The molecule has 0 saturated heterocycles. The molecule has 33 heavy (non-hydrogen) atoms. The molecule has 176 valence electrons. The topological polar surface area (TPSA) is 120 Å². The molecule has 3 amide bonds. The first-order chi connectivity index (χ1) is 15.5. The van der Waals surface area contributed by atoms with Crippen molar-refractivity contribution in [2.45, 2.75) is 51.3 Å². The molecule has 0 fully saturated rings. The highest BCUT2D eigenvalue weighted by Crippen LogP contribution is 2.35. The lowest BCUT2D eigenvalue weighted by Gasteiger charge is -2.29. The number of fused-ring (bicyclic) bond motifs is 1. The Morgan fingerprint density at radius 1 is 1.18 bits per heavy atom. The van der Waals surface area contributed by atoms with Gasteiger partial charge in [-0.15, -0.1) is 0 Å². The fourth-order valence-electron chi connectivity index (χ4n) is 3.52. The van der Waals surface area contributed by atoms with Gasteiger partial charge in [-0.2, -0.15) is 0 Å². The number of ether oxygens (including phenoxy) is 2. The zero-order valence-corrected chi connectivity index (χ0v) is 20.4. The molecule has 0 saturated carbocycles. The molecule has 0 radical (unpaired) electrons. The number of rotatable bonds is 6. The van der Waals surface area contributed by atoms with E-state index in [1.54, 1.807) is 39.0 Å². The van der Waals surface area contributed by atoms with Crippen molar-refractivity contribution in [3.63, 3.8) is 0 Å². The molecule has 0 spiro atoms. The lowest BCUT2D eigenvalue weighted by molar-refractivity contribution is -0.119. The minimum Gasteiger partial charge on any atom is -0.492 e. The lowest BCUT2D eigenvalue weighted by atomic mass is 9.97. The van der Waals surface area contributed by atoms with Gasteiger partial charge in [-0.1, -0.05) is 40.2 Å². The van der Waals surface area contributed by atoms with Gasteiger partial charge in [-0.25, -0.2) is 4.79 Å². The molecule has 3 rings (SSSR count). The summed E-state index contributed by atoms with van der Waals surface area (Å²) < 4.78 is 12.0. The average Bonchev–Trinajstić information content (AvgIpc) is 2.73. The van der Waals surface area contributed by atoms with Crippen LogP contribution in [-0.2, 0) is 16.0 Å². The Morgan fingerprint density at radius 2 is 1.88 bits per heavy atom. The van der Waals surface area contributed by atoms with Gasteiger partial charge in [0, 0.05) is 22.9 Å². The molecule has 1 heterocycles. The van der Waals surface area contributed by atoms with Crippen LogP contribution in [0.3, 0.4) is 0 Å². The summed E-state index contributed by atoms with van der Waals surface area (Å²) in [5.41, 5.74) is 6.72. The number of nitrogens with two attached hydrogens (primary N) is 1. The highest BCUT2D eigenvalue weighted by Gasteiger charge is 2.30. The maximum Gasteiger partial charge on any atom is 0.408 e. The molecular formula is C24H28BrN3O5. The Bertz CT molecular complexity index is 1030. The minimum absolute atomic E-state index is 0.257. The van der Waals surface area contributed by atoms with Crippen LogP contribution in [0, 0.1) is 0 Å². The maximum absolute atomic E-state index is 13.1. The third-order valence-corrected chi connectivity index (χ3v) is 5.54. The first-order valence-electron chi connectivity index (χ1n) is 10.6. The van der Waals surface area contributed by atoms with Crippen LogP contribution < -0.4 is 21.1 Å². The Morgan fingerprint density at radius 3 is 2.52 bits per heavy atom. The van der Waals surface area contributed by atoms with Crippen LogP contribution in [0.25, 0.3) is 0 Å². The van der Waals surface area contributed by atoms with Crippen LogP contribution in [0.5, 0.6) is 5.75 Å². The Hall–Kier alpha value is -3.07. The zero-order chi connectivity index (χ0) is 24.2. The van der Waals surface area contributed by atoms with Gasteiger partial charge >= 0.3 is 6.09 Å². The molecule has 2 aromatic rings. The van der Waals surface area contributed by atoms with Crippen molar-refractivity contribution < 1.29 is 23.9 Å². The van der Waals surface area contributed by atoms with Crippen molar-refractivity contribution in [1.29, 1.82) is 0 Å². The molecule has 9 heteroatoms. The SMILES string of the molecule is CC(C)(C)OC(=O)N[C@H]1CCOc2c(C(=O)N[C@@H](Cc3ccc(Br)cc3)C(N)=O)cccc21. The quantitative estimate of drug-likeness (QED) is 0.540. The van der Waals surface area contributed by atoms with E-state index in [9.17, 15) is 14.4 Å². The summed E-state index contributed by atoms with van der Waals surface area (Å²) in [6.45, 7) is 5.68. The second kappa shape index (κ2) is 10.2. The van der Waals surface area contributed by atoms with E-state index in [0.717, 1.165) is 10.0 Å². The molecule has 0 bridgehead atoms. The van der Waals surface area contributed by atoms with Gasteiger partial charge in [0.25, 0.3) is 5.91 Å². The number of para-hydroxylation sites is 1. The smallest absolute Gasteiger partial charge is 0.408 e. The normalized spacial score (nSPS) is 16.1. The number of amides is 3.